The van der Waals surface area contributed by atoms with Crippen molar-refractivity contribution < 1.29 is 4.74 Å². The lowest BCUT2D eigenvalue weighted by Crippen LogP contribution is -2.33. The first-order valence-corrected chi connectivity index (χ1v) is 7.61. The number of hydrogen-bond donors (Lipinski definition) is 0. The van der Waals surface area contributed by atoms with Crippen LogP contribution < -0.4 is 0 Å². The van der Waals surface area contributed by atoms with Crippen LogP contribution >= 0.6 is 34.4 Å². The molecule has 2 saturated heterocycles. The summed E-state index contributed by atoms with van der Waals surface area (Å²) < 4.78 is 7.68. The minimum atomic E-state index is 0.445. The van der Waals surface area contributed by atoms with Crippen molar-refractivity contribution in [2.24, 2.45) is 0 Å². The van der Waals surface area contributed by atoms with Gasteiger partial charge in [-0.1, -0.05) is 22.6 Å². The highest BCUT2D eigenvalue weighted by atomic mass is 127. The highest BCUT2D eigenvalue weighted by Gasteiger charge is 2.42. The number of thioether (sulfide) groups is 1. The molecule has 0 aromatic carbocycles. The predicted molar refractivity (Wildman–Crippen MR) is 66.9 cm³/mol. The third-order valence-electron chi connectivity index (χ3n) is 3.21. The maximum atomic E-state index is 6.07. The fourth-order valence-corrected chi connectivity index (χ4v) is 4.37. The summed E-state index contributed by atoms with van der Waals surface area (Å²) in [4.78, 5) is 0. The van der Waals surface area contributed by atoms with Gasteiger partial charge >= 0.3 is 0 Å². The van der Waals surface area contributed by atoms with E-state index in [0.29, 0.717) is 17.0 Å². The van der Waals surface area contributed by atoms with Crippen LogP contribution in [0.1, 0.15) is 32.6 Å². The Morgan fingerprint density at radius 1 is 1.54 bits per heavy atom. The Balaban J connectivity index is 1.94. The number of ether oxygens (including phenoxy) is 1. The van der Waals surface area contributed by atoms with Crippen molar-refractivity contribution in [3.63, 3.8) is 0 Å². The molecule has 3 heteroatoms. The summed E-state index contributed by atoms with van der Waals surface area (Å²) in [6.07, 6.45) is 6.40. The Labute approximate surface area is 98.5 Å². The largest absolute Gasteiger partial charge is 0.373 e. The van der Waals surface area contributed by atoms with E-state index in [2.05, 4.69) is 41.3 Å². The maximum absolute atomic E-state index is 6.07. The second kappa shape index (κ2) is 4.27. The second-order valence-electron chi connectivity index (χ2n) is 4.24. The number of halogens is 1. The topological polar surface area (TPSA) is 9.23 Å². The first kappa shape index (κ1) is 10.6. The normalized spacial score (nSPS) is 45.7. The zero-order chi connectivity index (χ0) is 9.31. The van der Waals surface area contributed by atoms with Crippen LogP contribution in [0.3, 0.4) is 0 Å². The molecule has 2 rings (SSSR count). The quantitative estimate of drug-likeness (QED) is 0.572. The summed E-state index contributed by atoms with van der Waals surface area (Å²) in [5, 5.41) is 0. The molecular formula is C10H17IOS. The molecule has 2 fully saturated rings. The molecule has 76 valence electrons. The van der Waals surface area contributed by atoms with E-state index in [9.17, 15) is 0 Å². The third-order valence-corrected chi connectivity index (χ3v) is 5.81. The average Bonchev–Trinajstić information content (AvgIpc) is 2.72. The first-order chi connectivity index (χ1) is 6.24. The zero-order valence-electron chi connectivity index (χ0n) is 8.09. The lowest BCUT2D eigenvalue weighted by atomic mass is 9.96. The molecular weight excluding hydrogens is 295 g/mol. The smallest absolute Gasteiger partial charge is 0.0724 e. The molecule has 1 nitrogen and oxygen atoms in total. The Morgan fingerprint density at radius 3 is 2.92 bits per heavy atom. The summed E-state index contributed by atoms with van der Waals surface area (Å²) in [7, 11) is 0. The van der Waals surface area contributed by atoms with Gasteiger partial charge in [0.1, 0.15) is 0 Å². The van der Waals surface area contributed by atoms with Crippen LogP contribution in [-0.2, 0) is 4.74 Å². The van der Waals surface area contributed by atoms with Gasteiger partial charge in [-0.15, -0.1) is 0 Å². The molecule has 2 heterocycles. The van der Waals surface area contributed by atoms with Crippen LogP contribution in [0.15, 0.2) is 0 Å². The van der Waals surface area contributed by atoms with Gasteiger partial charge in [-0.2, -0.15) is 11.8 Å². The van der Waals surface area contributed by atoms with Crippen molar-refractivity contribution in [1.29, 1.82) is 0 Å². The predicted octanol–water partition coefficient (Wildman–Crippen LogP) is 3.25. The third kappa shape index (κ3) is 2.17. The molecule has 0 N–H and O–H groups in total. The second-order valence-corrected chi connectivity index (χ2v) is 6.75. The standard InChI is InChI=1S/C10H17IOS/c1-10(5-2-6-13-10)9-4-3-8(7-11)12-9/h8-9H,2-7H2,1H3. The van der Waals surface area contributed by atoms with E-state index in [1.165, 1.54) is 31.4 Å². The van der Waals surface area contributed by atoms with Gasteiger partial charge in [0.15, 0.2) is 0 Å². The van der Waals surface area contributed by atoms with Crippen molar-refractivity contribution in [2.45, 2.75) is 49.6 Å². The summed E-state index contributed by atoms with van der Waals surface area (Å²) in [6.45, 7) is 2.39. The fraction of sp³-hybridized carbons (Fsp3) is 1.00. The summed E-state index contributed by atoms with van der Waals surface area (Å²) in [5.41, 5.74) is 0. The molecule has 0 aromatic rings. The van der Waals surface area contributed by atoms with E-state index in [4.69, 9.17) is 4.74 Å². The summed E-state index contributed by atoms with van der Waals surface area (Å²) >= 11 is 4.56. The highest BCUT2D eigenvalue weighted by molar-refractivity contribution is 14.1. The van der Waals surface area contributed by atoms with E-state index in [1.54, 1.807) is 0 Å². The Morgan fingerprint density at radius 2 is 2.38 bits per heavy atom. The van der Waals surface area contributed by atoms with Gasteiger partial charge in [-0.25, -0.2) is 0 Å². The molecule has 2 aliphatic heterocycles. The molecule has 0 radical (unpaired) electrons. The molecule has 3 unspecified atom stereocenters. The van der Waals surface area contributed by atoms with Gasteiger partial charge in [0.2, 0.25) is 0 Å². The van der Waals surface area contributed by atoms with E-state index >= 15 is 0 Å². The van der Waals surface area contributed by atoms with Crippen molar-refractivity contribution in [2.75, 3.05) is 10.2 Å². The molecule has 0 bridgehead atoms. The van der Waals surface area contributed by atoms with Crippen molar-refractivity contribution >= 4 is 34.4 Å². The van der Waals surface area contributed by atoms with E-state index in [0.717, 1.165) is 4.43 Å². The van der Waals surface area contributed by atoms with Gasteiger partial charge in [-0.3, -0.25) is 0 Å². The average molecular weight is 312 g/mol. The van der Waals surface area contributed by atoms with Crippen LogP contribution in [0, 0.1) is 0 Å². The number of alkyl halides is 1. The zero-order valence-corrected chi connectivity index (χ0v) is 11.1. The van der Waals surface area contributed by atoms with Crippen molar-refractivity contribution in [3.8, 4) is 0 Å². The SMILES string of the molecule is CC1(C2CCC(CI)O2)CCCS1. The summed E-state index contributed by atoms with van der Waals surface area (Å²) in [5.74, 6) is 1.34. The molecule has 0 aliphatic carbocycles. The minimum Gasteiger partial charge on any atom is -0.373 e. The Kier molecular flexibility index (Phi) is 3.47. The molecule has 13 heavy (non-hydrogen) atoms. The van der Waals surface area contributed by atoms with Gasteiger partial charge < -0.3 is 4.74 Å². The van der Waals surface area contributed by atoms with Gasteiger partial charge in [-0.05, 0) is 38.4 Å². The number of rotatable bonds is 2. The molecule has 0 aromatic heterocycles. The van der Waals surface area contributed by atoms with Gasteiger partial charge in [0.25, 0.3) is 0 Å². The minimum absolute atomic E-state index is 0.445. The van der Waals surface area contributed by atoms with Gasteiger partial charge in [0.05, 0.1) is 12.2 Å². The maximum Gasteiger partial charge on any atom is 0.0724 e. The molecule has 0 saturated carbocycles. The molecule has 0 amide bonds. The highest BCUT2D eigenvalue weighted by Crippen LogP contribution is 2.45. The van der Waals surface area contributed by atoms with E-state index in [-0.39, 0.29) is 0 Å². The van der Waals surface area contributed by atoms with E-state index < -0.39 is 0 Å². The van der Waals surface area contributed by atoms with Crippen LogP contribution in [0.5, 0.6) is 0 Å². The van der Waals surface area contributed by atoms with Gasteiger partial charge in [0, 0.05) is 9.17 Å². The Hall–Kier alpha value is 1.04. The monoisotopic (exact) mass is 312 g/mol. The molecule has 2 aliphatic rings. The fourth-order valence-electron chi connectivity index (χ4n) is 2.32. The van der Waals surface area contributed by atoms with Crippen molar-refractivity contribution in [1.82, 2.24) is 0 Å². The van der Waals surface area contributed by atoms with Crippen LogP contribution in [0.25, 0.3) is 0 Å². The Bertz CT molecular complexity index is 180. The number of hydrogen-bond acceptors (Lipinski definition) is 2. The van der Waals surface area contributed by atoms with Crippen LogP contribution in [0.4, 0.5) is 0 Å². The first-order valence-electron chi connectivity index (χ1n) is 5.10. The van der Waals surface area contributed by atoms with Crippen LogP contribution in [0.2, 0.25) is 0 Å². The van der Waals surface area contributed by atoms with Crippen molar-refractivity contribution in [3.05, 3.63) is 0 Å². The van der Waals surface area contributed by atoms with Crippen LogP contribution in [-0.4, -0.2) is 27.1 Å². The van der Waals surface area contributed by atoms with E-state index in [1.807, 2.05) is 0 Å². The lowest BCUT2D eigenvalue weighted by molar-refractivity contribution is 0.0380. The molecule has 0 spiro atoms. The lowest BCUT2D eigenvalue weighted by Gasteiger charge is -2.29. The summed E-state index contributed by atoms with van der Waals surface area (Å²) in [6, 6.07) is 0. The molecule has 3 atom stereocenters.